The van der Waals surface area contributed by atoms with Gasteiger partial charge in [-0.15, -0.1) is 0 Å². The van der Waals surface area contributed by atoms with Crippen molar-refractivity contribution in [2.24, 2.45) is 11.8 Å². The van der Waals surface area contributed by atoms with Crippen LogP contribution in [0.4, 0.5) is 0 Å². The van der Waals surface area contributed by atoms with E-state index in [0.29, 0.717) is 30.6 Å². The number of fused-ring (bicyclic) bond motifs is 1. The molecule has 1 N–H and O–H groups in total. The third-order valence-corrected chi connectivity index (χ3v) is 6.95. The summed E-state index contributed by atoms with van der Waals surface area (Å²) >= 11 is 0. The van der Waals surface area contributed by atoms with Crippen LogP contribution in [0.1, 0.15) is 67.6 Å². The van der Waals surface area contributed by atoms with Crippen LogP contribution in [0.25, 0.3) is 0 Å². The fourth-order valence-electron chi connectivity index (χ4n) is 4.98. The quantitative estimate of drug-likeness (QED) is 0.735. The summed E-state index contributed by atoms with van der Waals surface area (Å²) in [5.41, 5.74) is 2.31. The van der Waals surface area contributed by atoms with E-state index in [2.05, 4.69) is 19.2 Å². The minimum atomic E-state index is -0.622. The Kier molecular flexibility index (Phi) is 6.30. The van der Waals surface area contributed by atoms with Gasteiger partial charge in [0, 0.05) is 17.2 Å². The van der Waals surface area contributed by atoms with Gasteiger partial charge in [0.2, 0.25) is 5.91 Å². The highest BCUT2D eigenvalue weighted by Crippen LogP contribution is 2.37. The van der Waals surface area contributed by atoms with Crippen molar-refractivity contribution in [2.45, 2.75) is 58.7 Å². The lowest BCUT2D eigenvalue weighted by molar-refractivity contribution is -0.127. The number of hydrogen-bond acceptors (Lipinski definition) is 3. The first-order chi connectivity index (χ1) is 15.0. The number of benzene rings is 2. The van der Waals surface area contributed by atoms with Gasteiger partial charge in [0.05, 0.1) is 13.2 Å². The van der Waals surface area contributed by atoms with Crippen molar-refractivity contribution in [3.63, 3.8) is 0 Å². The van der Waals surface area contributed by atoms with Gasteiger partial charge in [0.25, 0.3) is 5.91 Å². The molecule has 5 nitrogen and oxygen atoms in total. The van der Waals surface area contributed by atoms with E-state index in [0.717, 1.165) is 29.7 Å². The first-order valence-electron chi connectivity index (χ1n) is 11.4. The molecular formula is C26H32N2O3. The molecule has 1 aliphatic carbocycles. The fourth-order valence-corrected chi connectivity index (χ4v) is 4.98. The number of ether oxygens (including phenoxy) is 1. The second kappa shape index (κ2) is 9.13. The van der Waals surface area contributed by atoms with Crippen molar-refractivity contribution in [1.82, 2.24) is 10.2 Å². The van der Waals surface area contributed by atoms with E-state index in [1.807, 2.05) is 55.5 Å². The van der Waals surface area contributed by atoms with Gasteiger partial charge in [-0.25, -0.2) is 0 Å². The number of amides is 2. The van der Waals surface area contributed by atoms with E-state index in [1.165, 1.54) is 6.42 Å². The van der Waals surface area contributed by atoms with Gasteiger partial charge in [0.1, 0.15) is 11.8 Å². The van der Waals surface area contributed by atoms with Crippen molar-refractivity contribution in [1.29, 1.82) is 0 Å². The Morgan fingerprint density at radius 1 is 1.10 bits per heavy atom. The molecule has 164 valence electrons. The number of para-hydroxylation sites is 1. The molecule has 4 atom stereocenters. The maximum Gasteiger partial charge on any atom is 0.255 e. The van der Waals surface area contributed by atoms with Crippen LogP contribution in [-0.2, 0) is 11.3 Å². The SMILES string of the molecule is CCOc1ccccc1CN1C(=O)c2ccccc2C1C(=O)NC1CCCC(C)C1C. The van der Waals surface area contributed by atoms with Crippen LogP contribution in [0.15, 0.2) is 48.5 Å². The largest absolute Gasteiger partial charge is 0.494 e. The molecule has 2 aliphatic rings. The highest BCUT2D eigenvalue weighted by Gasteiger charge is 2.42. The molecule has 5 heteroatoms. The number of nitrogens with zero attached hydrogens (tertiary/aromatic N) is 1. The van der Waals surface area contributed by atoms with Crippen molar-refractivity contribution in [3.8, 4) is 5.75 Å². The minimum Gasteiger partial charge on any atom is -0.494 e. The van der Waals surface area contributed by atoms with Crippen LogP contribution in [-0.4, -0.2) is 29.4 Å². The van der Waals surface area contributed by atoms with E-state index in [9.17, 15) is 9.59 Å². The van der Waals surface area contributed by atoms with E-state index in [4.69, 9.17) is 4.74 Å². The zero-order valence-electron chi connectivity index (χ0n) is 18.6. The Balaban J connectivity index is 1.63. The van der Waals surface area contributed by atoms with Gasteiger partial charge >= 0.3 is 0 Å². The van der Waals surface area contributed by atoms with Crippen LogP contribution in [0, 0.1) is 11.8 Å². The van der Waals surface area contributed by atoms with Crippen molar-refractivity contribution >= 4 is 11.8 Å². The summed E-state index contributed by atoms with van der Waals surface area (Å²) in [5.74, 6) is 1.58. The standard InChI is InChI=1S/C26H32N2O3/c1-4-31-23-15-8-5-11-19(23)16-28-24(20-12-6-7-13-21(20)26(28)30)25(29)27-22-14-9-10-17(2)18(22)3/h5-8,11-13,15,17-18,22,24H,4,9-10,14,16H2,1-3H3,(H,27,29). The maximum atomic E-state index is 13.5. The maximum absolute atomic E-state index is 13.5. The number of nitrogens with one attached hydrogen (secondary N) is 1. The Morgan fingerprint density at radius 3 is 2.65 bits per heavy atom. The van der Waals surface area contributed by atoms with Crippen molar-refractivity contribution in [3.05, 3.63) is 65.2 Å². The molecule has 1 aliphatic heterocycles. The molecule has 0 saturated heterocycles. The van der Waals surface area contributed by atoms with Gasteiger partial charge in [-0.3, -0.25) is 9.59 Å². The van der Waals surface area contributed by atoms with Crippen molar-refractivity contribution in [2.75, 3.05) is 6.61 Å². The Labute approximate surface area is 184 Å². The number of carbonyl (C=O) groups is 2. The number of rotatable bonds is 6. The first-order valence-corrected chi connectivity index (χ1v) is 11.4. The van der Waals surface area contributed by atoms with Crippen molar-refractivity contribution < 1.29 is 14.3 Å². The third-order valence-electron chi connectivity index (χ3n) is 6.95. The van der Waals surface area contributed by atoms with E-state index in [-0.39, 0.29) is 17.9 Å². The van der Waals surface area contributed by atoms with E-state index < -0.39 is 6.04 Å². The third kappa shape index (κ3) is 4.18. The number of carbonyl (C=O) groups excluding carboxylic acids is 2. The summed E-state index contributed by atoms with van der Waals surface area (Å²) in [6.45, 7) is 7.30. The minimum absolute atomic E-state index is 0.0851. The molecule has 4 rings (SSSR count). The fraction of sp³-hybridized carbons (Fsp3) is 0.462. The molecule has 31 heavy (non-hydrogen) atoms. The molecule has 2 amide bonds. The first kappa shape index (κ1) is 21.4. The molecule has 0 radical (unpaired) electrons. The Hall–Kier alpha value is -2.82. The molecule has 1 fully saturated rings. The van der Waals surface area contributed by atoms with Gasteiger partial charge in [-0.1, -0.05) is 63.1 Å². The van der Waals surface area contributed by atoms with Crippen LogP contribution in [0.5, 0.6) is 5.75 Å². The smallest absolute Gasteiger partial charge is 0.255 e. The van der Waals surface area contributed by atoms with Gasteiger partial charge in [-0.2, -0.15) is 0 Å². The summed E-state index contributed by atoms with van der Waals surface area (Å²) in [6.07, 6.45) is 3.33. The average Bonchev–Trinajstić information content (AvgIpc) is 3.05. The summed E-state index contributed by atoms with van der Waals surface area (Å²) < 4.78 is 5.76. The highest BCUT2D eigenvalue weighted by atomic mass is 16.5. The number of hydrogen-bond donors (Lipinski definition) is 1. The van der Waals surface area contributed by atoms with Gasteiger partial charge < -0.3 is 15.0 Å². The van der Waals surface area contributed by atoms with E-state index in [1.54, 1.807) is 4.90 Å². The second-order valence-electron chi connectivity index (χ2n) is 8.85. The normalized spacial score (nSPS) is 25.3. The lowest BCUT2D eigenvalue weighted by Crippen LogP contribution is -2.48. The van der Waals surface area contributed by atoms with Gasteiger partial charge in [-0.05, 0) is 42.9 Å². The van der Waals surface area contributed by atoms with Gasteiger partial charge in [0.15, 0.2) is 0 Å². The Morgan fingerprint density at radius 2 is 1.84 bits per heavy atom. The highest BCUT2D eigenvalue weighted by molar-refractivity contribution is 6.04. The zero-order chi connectivity index (χ0) is 22.0. The van der Waals surface area contributed by atoms with Crippen LogP contribution in [0.2, 0.25) is 0 Å². The molecule has 2 aromatic carbocycles. The second-order valence-corrected chi connectivity index (χ2v) is 8.85. The van der Waals surface area contributed by atoms with Crippen LogP contribution in [0.3, 0.4) is 0 Å². The summed E-state index contributed by atoms with van der Waals surface area (Å²) in [5, 5.41) is 3.29. The predicted octanol–water partition coefficient (Wildman–Crippen LogP) is 4.72. The molecule has 0 spiro atoms. The molecular weight excluding hydrogens is 388 g/mol. The van der Waals surface area contributed by atoms with E-state index >= 15 is 0 Å². The zero-order valence-corrected chi connectivity index (χ0v) is 18.6. The molecule has 1 saturated carbocycles. The monoisotopic (exact) mass is 420 g/mol. The molecule has 0 aromatic heterocycles. The predicted molar refractivity (Wildman–Crippen MR) is 121 cm³/mol. The summed E-state index contributed by atoms with van der Waals surface area (Å²) in [6, 6.07) is 14.7. The molecule has 4 unspecified atom stereocenters. The lowest BCUT2D eigenvalue weighted by atomic mass is 9.78. The average molecular weight is 421 g/mol. The van der Waals surface area contributed by atoms with Crippen LogP contribution >= 0.6 is 0 Å². The molecule has 1 heterocycles. The Bertz CT molecular complexity index is 957. The molecule has 2 aromatic rings. The topological polar surface area (TPSA) is 58.6 Å². The van der Waals surface area contributed by atoms with Crippen LogP contribution < -0.4 is 10.1 Å². The summed E-state index contributed by atoms with van der Waals surface area (Å²) in [4.78, 5) is 28.5. The summed E-state index contributed by atoms with van der Waals surface area (Å²) in [7, 11) is 0. The molecule has 0 bridgehead atoms. The lowest BCUT2D eigenvalue weighted by Gasteiger charge is -2.36.